The third-order valence-corrected chi connectivity index (χ3v) is 8.71. The van der Waals surface area contributed by atoms with Gasteiger partial charge in [0, 0.05) is 17.0 Å². The molecule has 40 heavy (non-hydrogen) atoms. The molecule has 3 rings (SSSR count). The van der Waals surface area contributed by atoms with Gasteiger partial charge in [-0.1, -0.05) is 29.8 Å². The number of carbonyl (C=O) groups is 2. The summed E-state index contributed by atoms with van der Waals surface area (Å²) in [4.78, 5) is 29.3. The summed E-state index contributed by atoms with van der Waals surface area (Å²) < 4.78 is 42.4. The predicted octanol–water partition coefficient (Wildman–Crippen LogP) is 5.38. The summed E-state index contributed by atoms with van der Waals surface area (Å²) in [5, 5.41) is 2.88. The average Bonchev–Trinajstić information content (AvgIpc) is 2.90. The molecule has 0 fully saturated rings. The highest BCUT2D eigenvalue weighted by Crippen LogP contribution is 2.26. The van der Waals surface area contributed by atoms with Crippen molar-refractivity contribution in [2.75, 3.05) is 17.1 Å². The van der Waals surface area contributed by atoms with E-state index in [0.29, 0.717) is 11.3 Å². The lowest BCUT2D eigenvalue weighted by Crippen LogP contribution is -2.54. The number of benzene rings is 3. The van der Waals surface area contributed by atoms with E-state index in [9.17, 15) is 22.4 Å². The van der Waals surface area contributed by atoms with Crippen LogP contribution < -0.4 is 9.62 Å². The smallest absolute Gasteiger partial charge is 0.264 e. The molecule has 7 nitrogen and oxygen atoms in total. The van der Waals surface area contributed by atoms with Gasteiger partial charge in [-0.3, -0.25) is 13.9 Å². The van der Waals surface area contributed by atoms with Crippen LogP contribution in [0.2, 0.25) is 0 Å². The molecule has 2 amide bonds. The molecule has 10 heteroatoms. The van der Waals surface area contributed by atoms with E-state index in [4.69, 9.17) is 0 Å². The molecule has 0 bridgehead atoms. The van der Waals surface area contributed by atoms with Gasteiger partial charge in [0.1, 0.15) is 18.4 Å². The molecule has 0 aliphatic heterocycles. The Kier molecular flexibility index (Phi) is 10.0. The van der Waals surface area contributed by atoms with Crippen LogP contribution in [0.3, 0.4) is 0 Å². The zero-order chi connectivity index (χ0) is 29.7. The summed E-state index contributed by atoms with van der Waals surface area (Å²) in [5.41, 5.74) is 1.31. The lowest BCUT2D eigenvalue weighted by atomic mass is 10.1. The molecule has 0 radical (unpaired) electrons. The topological polar surface area (TPSA) is 86.8 Å². The standard InChI is InChI=1S/C30H36FN3O4S2/c1-21-7-13-25(14-8-21)34(40(37,38)27-17-15-26(39-6)16-18-27)20-28(35)33(19-23-9-11-24(31)12-10-23)22(2)29(36)32-30(3,4)5/h7-18,22H,19-20H2,1-6H3,(H,32,36)/t22-/m0/s1. The summed E-state index contributed by atoms with van der Waals surface area (Å²) in [6.45, 7) is 8.42. The SMILES string of the molecule is CSc1ccc(S(=O)(=O)N(CC(=O)N(Cc2ccc(F)cc2)[C@@H](C)C(=O)NC(C)(C)C)c2ccc(C)cc2)cc1. The van der Waals surface area contributed by atoms with Gasteiger partial charge in [-0.25, -0.2) is 12.8 Å². The molecule has 0 spiro atoms. The Bertz CT molecular complexity index is 1420. The van der Waals surface area contributed by atoms with E-state index in [1.807, 2.05) is 34.0 Å². The van der Waals surface area contributed by atoms with Gasteiger partial charge in [-0.15, -0.1) is 11.8 Å². The fraction of sp³-hybridized carbons (Fsp3) is 0.333. The highest BCUT2D eigenvalue weighted by Gasteiger charge is 2.33. The second-order valence-electron chi connectivity index (χ2n) is 10.6. The molecule has 1 N–H and O–H groups in total. The first-order chi connectivity index (χ1) is 18.7. The Balaban J connectivity index is 2.03. The van der Waals surface area contributed by atoms with Gasteiger partial charge in [0.2, 0.25) is 11.8 Å². The molecule has 3 aromatic carbocycles. The third kappa shape index (κ3) is 8.08. The molecule has 214 valence electrons. The quantitative estimate of drug-likeness (QED) is 0.323. The zero-order valence-corrected chi connectivity index (χ0v) is 25.3. The summed E-state index contributed by atoms with van der Waals surface area (Å²) in [7, 11) is -4.15. The van der Waals surface area contributed by atoms with Crippen LogP contribution >= 0.6 is 11.8 Å². The lowest BCUT2D eigenvalue weighted by molar-refractivity contribution is -0.140. The average molecular weight is 586 g/mol. The maximum absolute atomic E-state index is 13.9. The van der Waals surface area contributed by atoms with Gasteiger partial charge in [-0.05, 0) is 95.0 Å². The predicted molar refractivity (Wildman–Crippen MR) is 158 cm³/mol. The van der Waals surface area contributed by atoms with Crippen LogP contribution in [0.25, 0.3) is 0 Å². The molecular weight excluding hydrogens is 549 g/mol. The van der Waals surface area contributed by atoms with Crippen LogP contribution in [0.1, 0.15) is 38.8 Å². The Morgan fingerprint density at radius 2 is 1.52 bits per heavy atom. The highest BCUT2D eigenvalue weighted by molar-refractivity contribution is 7.98. The van der Waals surface area contributed by atoms with E-state index in [0.717, 1.165) is 14.8 Å². The largest absolute Gasteiger partial charge is 0.350 e. The molecular formula is C30H36FN3O4S2. The Hall–Kier alpha value is -3.37. The second kappa shape index (κ2) is 12.9. The molecule has 0 aromatic heterocycles. The van der Waals surface area contributed by atoms with Crippen molar-refractivity contribution in [3.05, 3.63) is 89.7 Å². The summed E-state index contributed by atoms with van der Waals surface area (Å²) in [5.74, 6) is -1.39. The van der Waals surface area contributed by atoms with Gasteiger partial charge in [0.05, 0.1) is 10.6 Å². The number of nitrogens with one attached hydrogen (secondary N) is 1. The van der Waals surface area contributed by atoms with E-state index in [-0.39, 0.29) is 17.3 Å². The second-order valence-corrected chi connectivity index (χ2v) is 13.3. The Morgan fingerprint density at radius 3 is 2.05 bits per heavy atom. The van der Waals surface area contributed by atoms with Crippen molar-refractivity contribution in [3.8, 4) is 0 Å². The van der Waals surface area contributed by atoms with Crippen LogP contribution in [-0.2, 0) is 26.2 Å². The number of thioether (sulfide) groups is 1. The fourth-order valence-corrected chi connectivity index (χ4v) is 5.78. The van der Waals surface area contributed by atoms with Crippen molar-refractivity contribution in [2.45, 2.75) is 62.5 Å². The number of hydrogen-bond donors (Lipinski definition) is 1. The molecule has 0 heterocycles. The highest BCUT2D eigenvalue weighted by atomic mass is 32.2. The van der Waals surface area contributed by atoms with Gasteiger partial charge in [0.25, 0.3) is 10.0 Å². The first kappa shape index (κ1) is 31.2. The van der Waals surface area contributed by atoms with Crippen molar-refractivity contribution >= 4 is 39.3 Å². The number of aryl methyl sites for hydroxylation is 1. The van der Waals surface area contributed by atoms with Crippen LogP contribution in [0.4, 0.5) is 10.1 Å². The summed E-state index contributed by atoms with van der Waals surface area (Å²) in [6, 6.07) is 18.0. The minimum Gasteiger partial charge on any atom is -0.350 e. The summed E-state index contributed by atoms with van der Waals surface area (Å²) >= 11 is 1.49. The molecule has 0 saturated carbocycles. The number of halogens is 1. The van der Waals surface area contributed by atoms with Crippen LogP contribution in [0, 0.1) is 12.7 Å². The zero-order valence-electron chi connectivity index (χ0n) is 23.6. The fourth-order valence-electron chi connectivity index (χ4n) is 3.96. The van der Waals surface area contributed by atoms with Crippen LogP contribution in [0.15, 0.2) is 82.6 Å². The van der Waals surface area contributed by atoms with Crippen molar-refractivity contribution in [2.24, 2.45) is 0 Å². The molecule has 0 aliphatic rings. The molecule has 3 aromatic rings. The minimum absolute atomic E-state index is 0.0119. The van der Waals surface area contributed by atoms with Crippen LogP contribution in [-0.4, -0.2) is 49.5 Å². The number of hydrogen-bond acceptors (Lipinski definition) is 5. The van der Waals surface area contributed by atoms with E-state index in [2.05, 4.69) is 5.32 Å². The first-order valence-corrected chi connectivity index (χ1v) is 15.5. The van der Waals surface area contributed by atoms with Gasteiger partial charge < -0.3 is 10.2 Å². The van der Waals surface area contributed by atoms with Crippen LogP contribution in [0.5, 0.6) is 0 Å². The van der Waals surface area contributed by atoms with E-state index < -0.39 is 39.9 Å². The van der Waals surface area contributed by atoms with E-state index in [1.54, 1.807) is 43.3 Å². The first-order valence-electron chi connectivity index (χ1n) is 12.8. The number of carbonyl (C=O) groups excluding carboxylic acids is 2. The van der Waals surface area contributed by atoms with Crippen molar-refractivity contribution in [3.63, 3.8) is 0 Å². The number of rotatable bonds is 10. The maximum atomic E-state index is 13.9. The maximum Gasteiger partial charge on any atom is 0.264 e. The molecule has 1 atom stereocenters. The molecule has 0 aliphatic carbocycles. The molecule has 0 saturated heterocycles. The van der Waals surface area contributed by atoms with Crippen molar-refractivity contribution in [1.29, 1.82) is 0 Å². The normalized spacial score (nSPS) is 12.5. The number of nitrogens with zero attached hydrogens (tertiary/aromatic N) is 2. The Morgan fingerprint density at radius 1 is 0.950 bits per heavy atom. The van der Waals surface area contributed by atoms with Gasteiger partial charge >= 0.3 is 0 Å². The summed E-state index contributed by atoms with van der Waals surface area (Å²) in [6.07, 6.45) is 1.90. The monoisotopic (exact) mass is 585 g/mol. The lowest BCUT2D eigenvalue weighted by Gasteiger charge is -2.33. The number of anilines is 1. The number of sulfonamides is 1. The van der Waals surface area contributed by atoms with Gasteiger partial charge in [0.15, 0.2) is 0 Å². The van der Waals surface area contributed by atoms with Crippen molar-refractivity contribution < 1.29 is 22.4 Å². The van der Waals surface area contributed by atoms with E-state index >= 15 is 0 Å². The molecule has 0 unspecified atom stereocenters. The van der Waals surface area contributed by atoms with Crippen molar-refractivity contribution in [1.82, 2.24) is 10.2 Å². The Labute approximate surface area is 240 Å². The number of amides is 2. The van der Waals surface area contributed by atoms with Gasteiger partial charge in [-0.2, -0.15) is 0 Å². The minimum atomic E-state index is -4.15. The van der Waals surface area contributed by atoms with E-state index in [1.165, 1.54) is 53.1 Å². The third-order valence-electron chi connectivity index (χ3n) is 6.18.